The highest BCUT2D eigenvalue weighted by Crippen LogP contribution is 2.65. The number of fused-ring (bicyclic) bond motifs is 1. The second-order valence-electron chi connectivity index (χ2n) is 4.21. The standard InChI is InChI=1S/C11H18N2OP4/c1-2-6-13-7-4-8-3-5-12-10(18(16)17-15)9(8)11(13)14/h3,5,17H,2,4,6-7,15-16H2,1H3. The fraction of sp³-hybridized carbons (Fsp3) is 0.455. The Bertz CT molecular complexity index is 455. The van der Waals surface area contributed by atoms with E-state index in [0.717, 1.165) is 44.9 Å². The first-order valence-corrected chi connectivity index (χ1v) is 12.6. The number of rotatable bonds is 4. The third kappa shape index (κ3) is 2.91. The number of hydrogen-bond acceptors (Lipinski definition) is 2. The molecule has 1 aliphatic heterocycles. The van der Waals surface area contributed by atoms with Crippen molar-refractivity contribution in [3.8, 4) is 0 Å². The molecule has 0 saturated carbocycles. The topological polar surface area (TPSA) is 33.2 Å². The molecule has 0 saturated heterocycles. The molecule has 0 N–H and O–H groups in total. The molecule has 4 atom stereocenters. The molecular formula is C11H18N2OP4. The van der Waals surface area contributed by atoms with E-state index in [9.17, 15) is 4.79 Å². The van der Waals surface area contributed by atoms with E-state index in [0.29, 0.717) is 0 Å². The fourth-order valence-corrected chi connectivity index (χ4v) is 5.53. The van der Waals surface area contributed by atoms with Crippen LogP contribution in [0.15, 0.2) is 12.3 Å². The quantitative estimate of drug-likeness (QED) is 0.800. The first-order valence-electron chi connectivity index (χ1n) is 5.97. The first-order chi connectivity index (χ1) is 8.69. The monoisotopic (exact) mass is 318 g/mol. The van der Waals surface area contributed by atoms with Gasteiger partial charge in [0.25, 0.3) is 5.91 Å². The van der Waals surface area contributed by atoms with Crippen molar-refractivity contribution < 1.29 is 4.79 Å². The third-order valence-electron chi connectivity index (χ3n) is 3.03. The van der Waals surface area contributed by atoms with Crippen molar-refractivity contribution in [1.29, 1.82) is 0 Å². The van der Waals surface area contributed by atoms with Crippen LogP contribution >= 0.6 is 33.1 Å². The molecule has 2 rings (SSSR count). The number of carbonyl (C=O) groups excluding carboxylic acids is 1. The zero-order valence-electron chi connectivity index (χ0n) is 10.4. The van der Waals surface area contributed by atoms with Gasteiger partial charge in [-0.05, 0) is 31.8 Å². The molecule has 3 nitrogen and oxygen atoms in total. The molecule has 2 heterocycles. The van der Waals surface area contributed by atoms with Gasteiger partial charge >= 0.3 is 0 Å². The largest absolute Gasteiger partial charge is 0.338 e. The third-order valence-corrected chi connectivity index (χ3v) is 12.8. The molecule has 0 aliphatic carbocycles. The summed E-state index contributed by atoms with van der Waals surface area (Å²) in [6.07, 6.45) is 3.82. The maximum Gasteiger partial charge on any atom is 0.256 e. The SMILES string of the molecule is CCCN1CCc2ccnc(P(P)PP)c2C1=O. The minimum atomic E-state index is -0.394. The Morgan fingerprint density at radius 1 is 1.61 bits per heavy atom. The second-order valence-corrected chi connectivity index (χ2v) is 13.3. The summed E-state index contributed by atoms with van der Waals surface area (Å²) >= 11 is 0. The Balaban J connectivity index is 2.41. The Morgan fingerprint density at radius 2 is 2.39 bits per heavy atom. The molecule has 0 radical (unpaired) electrons. The molecular weight excluding hydrogens is 300 g/mol. The number of amides is 1. The summed E-state index contributed by atoms with van der Waals surface area (Å²) in [5, 5.41) is 0. The van der Waals surface area contributed by atoms with Gasteiger partial charge in [0, 0.05) is 19.3 Å². The van der Waals surface area contributed by atoms with Crippen LogP contribution in [0, 0.1) is 0 Å². The number of nitrogens with zero attached hydrogens (tertiary/aromatic N) is 2. The van der Waals surface area contributed by atoms with Crippen molar-refractivity contribution >= 4 is 44.5 Å². The van der Waals surface area contributed by atoms with Gasteiger partial charge in [0.15, 0.2) is 0 Å². The normalized spacial score (nSPS) is 17.3. The van der Waals surface area contributed by atoms with Gasteiger partial charge in [-0.15, -0.1) is 17.9 Å². The number of carbonyl (C=O) groups is 1. The van der Waals surface area contributed by atoms with Crippen LogP contribution in [0.1, 0.15) is 29.3 Å². The molecule has 0 bridgehead atoms. The fourth-order valence-electron chi connectivity index (χ4n) is 2.17. The van der Waals surface area contributed by atoms with Crippen LogP contribution in [0.3, 0.4) is 0 Å². The van der Waals surface area contributed by atoms with Crippen molar-refractivity contribution in [2.24, 2.45) is 0 Å². The van der Waals surface area contributed by atoms with Crippen LogP contribution in [0.2, 0.25) is 0 Å². The molecule has 1 amide bonds. The molecule has 1 aromatic heterocycles. The minimum Gasteiger partial charge on any atom is -0.338 e. The van der Waals surface area contributed by atoms with Crippen LogP contribution in [-0.2, 0) is 6.42 Å². The predicted molar refractivity (Wildman–Crippen MR) is 88.4 cm³/mol. The molecule has 0 fully saturated rings. The zero-order chi connectivity index (χ0) is 13.1. The summed E-state index contributed by atoms with van der Waals surface area (Å²) in [5.74, 6) is 0.180. The Labute approximate surface area is 116 Å². The first kappa shape index (κ1) is 14.7. The summed E-state index contributed by atoms with van der Waals surface area (Å²) in [4.78, 5) is 19.0. The van der Waals surface area contributed by atoms with E-state index >= 15 is 0 Å². The van der Waals surface area contributed by atoms with Gasteiger partial charge in [0.05, 0.1) is 11.0 Å². The van der Waals surface area contributed by atoms with E-state index in [2.05, 4.69) is 29.8 Å². The lowest BCUT2D eigenvalue weighted by molar-refractivity contribution is 0.0741. The Morgan fingerprint density at radius 3 is 3.06 bits per heavy atom. The average molecular weight is 318 g/mol. The van der Waals surface area contributed by atoms with E-state index in [1.165, 1.54) is 5.56 Å². The van der Waals surface area contributed by atoms with Gasteiger partial charge in [-0.25, -0.2) is 0 Å². The lowest BCUT2D eigenvalue weighted by Crippen LogP contribution is -2.41. The molecule has 1 aromatic rings. The van der Waals surface area contributed by atoms with Crippen LogP contribution < -0.4 is 5.44 Å². The van der Waals surface area contributed by atoms with Crippen molar-refractivity contribution in [2.75, 3.05) is 13.1 Å². The molecule has 1 aliphatic rings. The van der Waals surface area contributed by atoms with Gasteiger partial charge < -0.3 is 4.90 Å². The number of pyridine rings is 1. The minimum absolute atomic E-state index is 0.180. The maximum absolute atomic E-state index is 12.5. The highest BCUT2D eigenvalue weighted by atomic mass is 32.6. The highest BCUT2D eigenvalue weighted by Gasteiger charge is 2.28. The second kappa shape index (κ2) is 6.67. The van der Waals surface area contributed by atoms with Crippen molar-refractivity contribution in [1.82, 2.24) is 9.88 Å². The lowest BCUT2D eigenvalue weighted by Gasteiger charge is -2.30. The average Bonchev–Trinajstić information content (AvgIpc) is 2.40. The van der Waals surface area contributed by atoms with Gasteiger partial charge in [-0.3, -0.25) is 9.78 Å². The smallest absolute Gasteiger partial charge is 0.256 e. The summed E-state index contributed by atoms with van der Waals surface area (Å²) in [7, 11) is 5.96. The van der Waals surface area contributed by atoms with Crippen LogP contribution in [-0.4, -0.2) is 28.9 Å². The molecule has 7 heteroatoms. The Kier molecular flexibility index (Phi) is 5.47. The van der Waals surface area contributed by atoms with E-state index in [4.69, 9.17) is 0 Å². The van der Waals surface area contributed by atoms with Gasteiger partial charge in [-0.1, -0.05) is 14.9 Å². The van der Waals surface area contributed by atoms with Crippen LogP contribution in [0.5, 0.6) is 0 Å². The maximum atomic E-state index is 12.5. The molecule has 98 valence electrons. The van der Waals surface area contributed by atoms with Crippen molar-refractivity contribution in [2.45, 2.75) is 19.8 Å². The summed E-state index contributed by atoms with van der Waals surface area (Å²) in [6.45, 7) is 3.81. The molecule has 0 spiro atoms. The van der Waals surface area contributed by atoms with Gasteiger partial charge in [-0.2, -0.15) is 0 Å². The summed E-state index contributed by atoms with van der Waals surface area (Å²) < 4.78 is 0. The van der Waals surface area contributed by atoms with Crippen LogP contribution in [0.25, 0.3) is 0 Å². The van der Waals surface area contributed by atoms with Crippen LogP contribution in [0.4, 0.5) is 0 Å². The summed E-state index contributed by atoms with van der Waals surface area (Å²) in [6, 6.07) is 2.00. The Hall–Kier alpha value is 0.340. The zero-order valence-corrected chi connectivity index (χ0v) is 14.6. The van der Waals surface area contributed by atoms with Crippen molar-refractivity contribution in [3.05, 3.63) is 23.4 Å². The van der Waals surface area contributed by atoms with E-state index in [1.807, 2.05) is 17.2 Å². The van der Waals surface area contributed by atoms with Gasteiger partial charge in [0.1, 0.15) is 0 Å². The van der Waals surface area contributed by atoms with E-state index in [-0.39, 0.29) is 5.91 Å². The van der Waals surface area contributed by atoms with E-state index in [1.54, 1.807) is 0 Å². The lowest BCUT2D eigenvalue weighted by atomic mass is 10.0. The molecule has 4 unspecified atom stereocenters. The predicted octanol–water partition coefficient (Wildman–Crippen LogP) is 2.77. The summed E-state index contributed by atoms with van der Waals surface area (Å²) in [5.41, 5.74) is 3.07. The van der Waals surface area contributed by atoms with E-state index < -0.39 is 7.30 Å². The number of aromatic nitrogens is 1. The van der Waals surface area contributed by atoms with Gasteiger partial charge in [0.2, 0.25) is 0 Å². The highest BCUT2D eigenvalue weighted by molar-refractivity contribution is 8.63. The molecule has 18 heavy (non-hydrogen) atoms. The molecule has 0 aromatic carbocycles. The van der Waals surface area contributed by atoms with Crippen molar-refractivity contribution in [3.63, 3.8) is 0 Å². The number of hydrogen-bond donors (Lipinski definition) is 0.